The molecule has 0 amide bonds. The molecule has 1 saturated heterocycles. The van der Waals surface area contributed by atoms with Gasteiger partial charge in [0, 0.05) is 37.8 Å². The molecule has 1 atom stereocenters. The van der Waals surface area contributed by atoms with Crippen LogP contribution in [0.4, 0.5) is 33.6 Å². The Kier molecular flexibility index (Phi) is 6.41. The molecule has 0 radical (unpaired) electrons. The molecule has 2 aromatic heterocycles. The van der Waals surface area contributed by atoms with E-state index >= 15 is 0 Å². The summed E-state index contributed by atoms with van der Waals surface area (Å²) >= 11 is 0. The zero-order chi connectivity index (χ0) is 21.9. The minimum atomic E-state index is -4.82. The van der Waals surface area contributed by atoms with Crippen molar-refractivity contribution in [2.24, 2.45) is 5.73 Å². The van der Waals surface area contributed by atoms with Crippen molar-refractivity contribution in [1.82, 2.24) is 14.9 Å². The highest BCUT2D eigenvalue weighted by atomic mass is 19.4. The molecule has 11 heteroatoms. The number of halogens is 5. The van der Waals surface area contributed by atoms with E-state index in [2.05, 4.69) is 20.0 Å². The quantitative estimate of drug-likeness (QED) is 0.674. The van der Waals surface area contributed by atoms with Crippen molar-refractivity contribution in [3.05, 3.63) is 41.7 Å². The number of ether oxygens (including phenoxy) is 1. The Balaban J connectivity index is 1.76. The van der Waals surface area contributed by atoms with E-state index in [9.17, 15) is 22.0 Å². The van der Waals surface area contributed by atoms with Crippen LogP contribution in [0, 0.1) is 6.92 Å². The van der Waals surface area contributed by atoms with Crippen molar-refractivity contribution < 1.29 is 26.7 Å². The number of aryl methyl sites for hydroxylation is 1. The molecule has 2 aromatic rings. The first-order valence-corrected chi connectivity index (χ1v) is 9.32. The Labute approximate surface area is 170 Å². The molecule has 3 rings (SSSR count). The molecule has 0 bridgehead atoms. The topological polar surface area (TPSA) is 76.3 Å². The summed E-state index contributed by atoms with van der Waals surface area (Å²) < 4.78 is 68.8. The molecule has 6 nitrogen and oxygen atoms in total. The van der Waals surface area contributed by atoms with Crippen LogP contribution in [0.25, 0.3) is 0 Å². The molecule has 0 saturated carbocycles. The maximum Gasteiger partial charge on any atom is 0.573 e. The monoisotopic (exact) mass is 431 g/mol. The first-order chi connectivity index (χ1) is 14.0. The average molecular weight is 431 g/mol. The van der Waals surface area contributed by atoms with E-state index in [1.54, 1.807) is 17.0 Å². The third-order valence-corrected chi connectivity index (χ3v) is 4.84. The number of likely N-dealkylation sites (tertiary alicyclic amines) is 1. The summed E-state index contributed by atoms with van der Waals surface area (Å²) in [6, 6.07) is 5.38. The fourth-order valence-corrected chi connectivity index (χ4v) is 3.32. The van der Waals surface area contributed by atoms with Gasteiger partial charge < -0.3 is 15.8 Å². The van der Waals surface area contributed by atoms with Gasteiger partial charge in [0.2, 0.25) is 0 Å². The fourth-order valence-electron chi connectivity index (χ4n) is 3.32. The molecule has 3 N–H and O–H groups in total. The van der Waals surface area contributed by atoms with E-state index in [4.69, 9.17) is 5.73 Å². The first kappa shape index (κ1) is 22.2. The van der Waals surface area contributed by atoms with Crippen LogP contribution in [0.15, 0.2) is 30.5 Å². The SMILES string of the molecule is Cc1ccc(Nc2cc(OC(F)(F)F)ccn2)nc1CN1CC(F)(F)CC[C@@H]1CN. The second kappa shape index (κ2) is 8.68. The summed E-state index contributed by atoms with van der Waals surface area (Å²) in [5.74, 6) is -2.78. The summed E-state index contributed by atoms with van der Waals surface area (Å²) in [4.78, 5) is 10.0. The van der Waals surface area contributed by atoms with Gasteiger partial charge in [0.1, 0.15) is 17.4 Å². The number of hydrogen-bond acceptors (Lipinski definition) is 6. The lowest BCUT2D eigenvalue weighted by atomic mass is 9.98. The Morgan fingerprint density at radius 3 is 2.73 bits per heavy atom. The summed E-state index contributed by atoms with van der Waals surface area (Å²) in [5, 5.41) is 2.82. The number of anilines is 2. The molecule has 0 unspecified atom stereocenters. The third kappa shape index (κ3) is 5.99. The molecule has 30 heavy (non-hydrogen) atoms. The van der Waals surface area contributed by atoms with Crippen LogP contribution in [0.3, 0.4) is 0 Å². The number of hydrogen-bond donors (Lipinski definition) is 2. The van der Waals surface area contributed by atoms with Crippen LogP contribution in [0.5, 0.6) is 5.75 Å². The number of nitrogens with zero attached hydrogens (tertiary/aromatic N) is 3. The Bertz CT molecular complexity index is 877. The molecular formula is C19H22F5N5O. The minimum absolute atomic E-state index is 0.100. The van der Waals surface area contributed by atoms with Gasteiger partial charge in [-0.1, -0.05) is 6.07 Å². The van der Waals surface area contributed by atoms with Gasteiger partial charge in [-0.2, -0.15) is 0 Å². The van der Waals surface area contributed by atoms with Gasteiger partial charge >= 0.3 is 6.36 Å². The number of nitrogens with one attached hydrogen (secondary N) is 1. The van der Waals surface area contributed by atoms with Crippen molar-refractivity contribution in [3.63, 3.8) is 0 Å². The highest BCUT2D eigenvalue weighted by Gasteiger charge is 2.39. The highest BCUT2D eigenvalue weighted by Crippen LogP contribution is 2.31. The molecule has 0 aromatic carbocycles. The molecule has 0 aliphatic carbocycles. The smallest absolute Gasteiger partial charge is 0.406 e. The number of pyridine rings is 2. The maximum atomic E-state index is 13.9. The number of nitrogens with two attached hydrogens (primary N) is 1. The molecular weight excluding hydrogens is 409 g/mol. The molecule has 0 spiro atoms. The van der Waals surface area contributed by atoms with E-state index in [1.807, 2.05) is 6.92 Å². The average Bonchev–Trinajstić information content (AvgIpc) is 2.63. The zero-order valence-corrected chi connectivity index (χ0v) is 16.2. The van der Waals surface area contributed by atoms with Gasteiger partial charge in [0.15, 0.2) is 0 Å². The van der Waals surface area contributed by atoms with E-state index in [-0.39, 0.29) is 31.4 Å². The molecule has 1 aliphatic rings. The zero-order valence-electron chi connectivity index (χ0n) is 16.2. The Morgan fingerprint density at radius 2 is 2.03 bits per heavy atom. The largest absolute Gasteiger partial charge is 0.573 e. The van der Waals surface area contributed by atoms with Crippen LogP contribution >= 0.6 is 0 Å². The summed E-state index contributed by atoms with van der Waals surface area (Å²) in [5.41, 5.74) is 7.11. The third-order valence-electron chi connectivity index (χ3n) is 4.84. The summed E-state index contributed by atoms with van der Waals surface area (Å²) in [6.45, 7) is 1.86. The molecule has 164 valence electrons. The number of rotatable bonds is 6. The van der Waals surface area contributed by atoms with Crippen molar-refractivity contribution in [3.8, 4) is 5.75 Å². The van der Waals surface area contributed by atoms with Gasteiger partial charge in [-0.15, -0.1) is 13.2 Å². The summed E-state index contributed by atoms with van der Waals surface area (Å²) in [6.07, 6.45) is -3.54. The lowest BCUT2D eigenvalue weighted by Crippen LogP contribution is -2.51. The van der Waals surface area contributed by atoms with E-state index in [1.165, 1.54) is 6.20 Å². The molecule has 3 heterocycles. The lowest BCUT2D eigenvalue weighted by molar-refractivity contribution is -0.274. The normalized spacial score (nSPS) is 19.5. The minimum Gasteiger partial charge on any atom is -0.406 e. The van der Waals surface area contributed by atoms with Gasteiger partial charge in [-0.3, -0.25) is 4.90 Å². The van der Waals surface area contributed by atoms with Crippen LogP contribution in [0.1, 0.15) is 24.1 Å². The van der Waals surface area contributed by atoms with E-state index < -0.39 is 24.6 Å². The standard InChI is InChI=1S/C19H22F5N5O/c1-12-2-3-16(28-17-8-14(5-7-26-17)30-19(22,23)24)27-15(12)10-29-11-18(20,21)6-4-13(29)9-25/h2-3,5,7-8,13H,4,6,9-11,25H2,1H3,(H,26,27,28)/t13-/m1/s1. The lowest BCUT2D eigenvalue weighted by Gasteiger charge is -2.39. The number of piperidine rings is 1. The van der Waals surface area contributed by atoms with Gasteiger partial charge in [0.25, 0.3) is 5.92 Å². The number of aromatic nitrogens is 2. The Morgan fingerprint density at radius 1 is 1.27 bits per heavy atom. The van der Waals surface area contributed by atoms with E-state index in [0.29, 0.717) is 17.9 Å². The van der Waals surface area contributed by atoms with Crippen molar-refractivity contribution in [2.45, 2.75) is 44.6 Å². The second-order valence-corrected chi connectivity index (χ2v) is 7.20. The van der Waals surface area contributed by atoms with E-state index in [0.717, 1.165) is 17.7 Å². The number of alkyl halides is 5. The van der Waals surface area contributed by atoms with Crippen LogP contribution in [0.2, 0.25) is 0 Å². The molecule has 1 fully saturated rings. The Hall–Kier alpha value is -2.53. The van der Waals surface area contributed by atoms with Crippen molar-refractivity contribution in [1.29, 1.82) is 0 Å². The first-order valence-electron chi connectivity index (χ1n) is 9.32. The van der Waals surface area contributed by atoms with Crippen LogP contribution < -0.4 is 15.8 Å². The molecule has 1 aliphatic heterocycles. The highest BCUT2D eigenvalue weighted by molar-refractivity contribution is 5.54. The van der Waals surface area contributed by atoms with Crippen LogP contribution in [-0.4, -0.2) is 46.3 Å². The summed E-state index contributed by atoms with van der Waals surface area (Å²) in [7, 11) is 0. The van der Waals surface area contributed by atoms with Crippen molar-refractivity contribution >= 4 is 11.6 Å². The van der Waals surface area contributed by atoms with Gasteiger partial charge in [0.05, 0.1) is 12.2 Å². The van der Waals surface area contributed by atoms with Gasteiger partial charge in [-0.05, 0) is 31.0 Å². The maximum absolute atomic E-state index is 13.9. The van der Waals surface area contributed by atoms with Crippen molar-refractivity contribution in [2.75, 3.05) is 18.4 Å². The fraction of sp³-hybridized carbons (Fsp3) is 0.474. The second-order valence-electron chi connectivity index (χ2n) is 7.20. The van der Waals surface area contributed by atoms with Crippen LogP contribution in [-0.2, 0) is 6.54 Å². The van der Waals surface area contributed by atoms with Gasteiger partial charge in [-0.25, -0.2) is 18.7 Å². The predicted octanol–water partition coefficient (Wildman–Crippen LogP) is 3.99. The predicted molar refractivity (Wildman–Crippen MR) is 101 cm³/mol.